The fraction of sp³-hybridized carbons (Fsp3) is 0.500. The van der Waals surface area contributed by atoms with Gasteiger partial charge in [0, 0.05) is 19.0 Å². The summed E-state index contributed by atoms with van der Waals surface area (Å²) >= 11 is 0. The van der Waals surface area contributed by atoms with Gasteiger partial charge >= 0.3 is 6.03 Å². The fourth-order valence-electron chi connectivity index (χ4n) is 2.83. The molecule has 2 aliphatic heterocycles. The van der Waals surface area contributed by atoms with E-state index in [-0.39, 0.29) is 12.1 Å². The molecule has 2 atom stereocenters. The zero-order valence-electron chi connectivity index (χ0n) is 11.0. The summed E-state index contributed by atoms with van der Waals surface area (Å²) in [6.45, 7) is 4.10. The molecule has 4 heteroatoms. The maximum Gasteiger partial charge on any atom is 0.320 e. The lowest BCUT2D eigenvalue weighted by Crippen LogP contribution is -2.63. The van der Waals surface area contributed by atoms with E-state index in [0.29, 0.717) is 0 Å². The maximum absolute atomic E-state index is 11.9. The van der Waals surface area contributed by atoms with E-state index in [2.05, 4.69) is 18.3 Å². The molecule has 0 spiro atoms. The van der Waals surface area contributed by atoms with Crippen LogP contribution in [0.3, 0.4) is 0 Å². The zero-order chi connectivity index (χ0) is 12.9. The molecule has 96 valence electrons. The third kappa shape index (κ3) is 1.41. The number of rotatable bonds is 1. The van der Waals surface area contributed by atoms with Gasteiger partial charge in [0.25, 0.3) is 0 Å². The number of benzene rings is 1. The van der Waals surface area contributed by atoms with Crippen molar-refractivity contribution < 1.29 is 9.53 Å². The summed E-state index contributed by atoms with van der Waals surface area (Å²) < 4.78 is 6.16. The number of ether oxygens (including phenoxy) is 1. The van der Waals surface area contributed by atoms with Gasteiger partial charge in [0.2, 0.25) is 0 Å². The molecule has 3 rings (SSSR count). The molecule has 0 aromatic heterocycles. The number of amides is 2. The van der Waals surface area contributed by atoms with Crippen LogP contribution in [0.2, 0.25) is 0 Å². The summed E-state index contributed by atoms with van der Waals surface area (Å²) in [5, 5.41) is 3.04. The molecule has 1 fully saturated rings. The second kappa shape index (κ2) is 3.64. The van der Waals surface area contributed by atoms with E-state index in [9.17, 15) is 4.79 Å². The van der Waals surface area contributed by atoms with Gasteiger partial charge in [-0.2, -0.15) is 0 Å². The topological polar surface area (TPSA) is 41.6 Å². The third-order valence-corrected chi connectivity index (χ3v) is 4.10. The van der Waals surface area contributed by atoms with Gasteiger partial charge in [-0.1, -0.05) is 25.1 Å². The highest BCUT2D eigenvalue weighted by Crippen LogP contribution is 2.44. The van der Waals surface area contributed by atoms with Gasteiger partial charge in [-0.3, -0.25) is 4.90 Å². The van der Waals surface area contributed by atoms with Crippen molar-refractivity contribution in [2.45, 2.75) is 38.5 Å². The van der Waals surface area contributed by atoms with Crippen LogP contribution in [0.15, 0.2) is 18.2 Å². The zero-order valence-corrected chi connectivity index (χ0v) is 11.0. The first-order chi connectivity index (χ1) is 8.55. The average Bonchev–Trinajstić information content (AvgIpc) is 2.35. The van der Waals surface area contributed by atoms with Crippen molar-refractivity contribution >= 4 is 6.03 Å². The maximum atomic E-state index is 11.9. The highest BCUT2D eigenvalue weighted by molar-refractivity contribution is 5.77. The predicted molar refractivity (Wildman–Crippen MR) is 68.5 cm³/mol. The summed E-state index contributed by atoms with van der Waals surface area (Å²) in [7, 11) is 1.78. The normalized spacial score (nSPS) is 29.4. The molecule has 2 unspecified atom stereocenters. The molecule has 1 aromatic carbocycles. The SMILES string of the molecule is CCc1cccc2c1OC1(C)CC2NC(=O)N1C. The van der Waals surface area contributed by atoms with Crippen molar-refractivity contribution in [1.82, 2.24) is 10.2 Å². The number of urea groups is 1. The Morgan fingerprint density at radius 3 is 3.06 bits per heavy atom. The molecule has 2 bridgehead atoms. The van der Waals surface area contributed by atoms with Crippen LogP contribution in [0.25, 0.3) is 0 Å². The van der Waals surface area contributed by atoms with Crippen molar-refractivity contribution in [3.8, 4) is 5.75 Å². The average molecular weight is 246 g/mol. The van der Waals surface area contributed by atoms with Crippen LogP contribution < -0.4 is 10.1 Å². The number of carbonyl (C=O) groups is 1. The van der Waals surface area contributed by atoms with E-state index >= 15 is 0 Å². The van der Waals surface area contributed by atoms with Crippen LogP contribution in [0.1, 0.15) is 37.4 Å². The Balaban J connectivity index is 2.14. The van der Waals surface area contributed by atoms with E-state index in [1.165, 1.54) is 5.56 Å². The van der Waals surface area contributed by atoms with Crippen LogP contribution in [0.5, 0.6) is 5.75 Å². The highest BCUT2D eigenvalue weighted by atomic mass is 16.5. The Morgan fingerprint density at radius 1 is 1.56 bits per heavy atom. The monoisotopic (exact) mass is 246 g/mol. The number of para-hydroxylation sites is 1. The first kappa shape index (κ1) is 11.4. The summed E-state index contributed by atoms with van der Waals surface area (Å²) in [4.78, 5) is 13.6. The second-order valence-corrected chi connectivity index (χ2v) is 5.23. The minimum atomic E-state index is -0.536. The predicted octanol–water partition coefficient (Wildman–Crippen LogP) is 2.44. The lowest BCUT2D eigenvalue weighted by atomic mass is 9.89. The molecule has 1 saturated heterocycles. The van der Waals surface area contributed by atoms with Gasteiger partial charge in [0.05, 0.1) is 6.04 Å². The quantitative estimate of drug-likeness (QED) is 0.827. The molecule has 2 aliphatic rings. The van der Waals surface area contributed by atoms with E-state index < -0.39 is 5.72 Å². The number of fused-ring (bicyclic) bond motifs is 4. The second-order valence-electron chi connectivity index (χ2n) is 5.23. The van der Waals surface area contributed by atoms with Gasteiger partial charge in [0.1, 0.15) is 5.75 Å². The Labute approximate surface area is 107 Å². The standard InChI is InChI=1S/C14H18N2O2/c1-4-9-6-5-7-10-11-8-14(2,18-12(9)10)16(3)13(17)15-11/h5-7,11H,4,8H2,1-3H3,(H,15,17). The van der Waals surface area contributed by atoms with E-state index in [1.54, 1.807) is 11.9 Å². The van der Waals surface area contributed by atoms with Gasteiger partial charge in [-0.15, -0.1) is 0 Å². The highest BCUT2D eigenvalue weighted by Gasteiger charge is 2.47. The molecule has 1 aromatic rings. The molecule has 0 saturated carbocycles. The van der Waals surface area contributed by atoms with Crippen LogP contribution in [0.4, 0.5) is 4.79 Å². The number of nitrogens with one attached hydrogen (secondary N) is 1. The summed E-state index contributed by atoms with van der Waals surface area (Å²) in [5.41, 5.74) is 1.77. The molecule has 2 amide bonds. The third-order valence-electron chi connectivity index (χ3n) is 4.10. The first-order valence-electron chi connectivity index (χ1n) is 6.40. The molecule has 0 radical (unpaired) electrons. The van der Waals surface area contributed by atoms with Crippen molar-refractivity contribution in [3.05, 3.63) is 29.3 Å². The minimum absolute atomic E-state index is 0.0638. The molecular formula is C14H18N2O2. The van der Waals surface area contributed by atoms with Crippen molar-refractivity contribution in [3.63, 3.8) is 0 Å². The van der Waals surface area contributed by atoms with Gasteiger partial charge in [-0.05, 0) is 18.9 Å². The minimum Gasteiger partial charge on any atom is -0.467 e. The molecule has 2 heterocycles. The lowest BCUT2D eigenvalue weighted by Gasteiger charge is -2.49. The van der Waals surface area contributed by atoms with Gasteiger partial charge in [-0.25, -0.2) is 4.79 Å². The molecular weight excluding hydrogens is 228 g/mol. The number of aryl methyl sites for hydroxylation is 1. The first-order valence-corrected chi connectivity index (χ1v) is 6.40. The molecule has 4 nitrogen and oxygen atoms in total. The Kier molecular flexibility index (Phi) is 2.30. The van der Waals surface area contributed by atoms with Crippen LogP contribution in [0, 0.1) is 0 Å². The van der Waals surface area contributed by atoms with Crippen LogP contribution >= 0.6 is 0 Å². The van der Waals surface area contributed by atoms with Crippen LogP contribution in [-0.2, 0) is 6.42 Å². The van der Waals surface area contributed by atoms with Crippen molar-refractivity contribution in [2.24, 2.45) is 0 Å². The smallest absolute Gasteiger partial charge is 0.320 e. The van der Waals surface area contributed by atoms with E-state index in [4.69, 9.17) is 4.74 Å². The van der Waals surface area contributed by atoms with Crippen molar-refractivity contribution in [1.29, 1.82) is 0 Å². The number of hydrogen-bond donors (Lipinski definition) is 1. The number of nitrogens with zero attached hydrogens (tertiary/aromatic N) is 1. The Hall–Kier alpha value is -1.71. The number of carbonyl (C=O) groups excluding carboxylic acids is 1. The Morgan fingerprint density at radius 2 is 2.33 bits per heavy atom. The summed E-state index contributed by atoms with van der Waals surface area (Å²) in [6.07, 6.45) is 1.72. The summed E-state index contributed by atoms with van der Waals surface area (Å²) in [5.74, 6) is 0.950. The molecule has 1 N–H and O–H groups in total. The Bertz CT molecular complexity index is 515. The van der Waals surface area contributed by atoms with Crippen LogP contribution in [-0.4, -0.2) is 23.7 Å². The van der Waals surface area contributed by atoms with Gasteiger partial charge < -0.3 is 10.1 Å². The van der Waals surface area contributed by atoms with E-state index in [0.717, 1.165) is 24.2 Å². The summed E-state index contributed by atoms with van der Waals surface area (Å²) in [6, 6.07) is 6.17. The van der Waals surface area contributed by atoms with Gasteiger partial charge in [0.15, 0.2) is 5.72 Å². The van der Waals surface area contributed by atoms with E-state index in [1.807, 2.05) is 19.1 Å². The largest absolute Gasteiger partial charge is 0.467 e. The fourth-order valence-corrected chi connectivity index (χ4v) is 2.83. The number of hydrogen-bond acceptors (Lipinski definition) is 2. The molecule has 0 aliphatic carbocycles. The molecule has 18 heavy (non-hydrogen) atoms. The van der Waals surface area contributed by atoms with Crippen molar-refractivity contribution in [2.75, 3.05) is 7.05 Å². The lowest BCUT2D eigenvalue weighted by molar-refractivity contribution is -0.0724.